The zero-order chi connectivity index (χ0) is 21.3. The van der Waals surface area contributed by atoms with Gasteiger partial charge < -0.3 is 9.47 Å². The van der Waals surface area contributed by atoms with Crippen molar-refractivity contribution < 1.29 is 14.3 Å². The number of carbonyl (C=O) groups excluding carboxylic acids is 1. The van der Waals surface area contributed by atoms with E-state index >= 15 is 0 Å². The fourth-order valence-electron chi connectivity index (χ4n) is 2.47. The molecule has 5 nitrogen and oxygen atoms in total. The highest BCUT2D eigenvalue weighted by Gasteiger charge is 2.13. The minimum Gasteiger partial charge on any atom is -0.494 e. The standard InChI is InChI=1S/C24H32N2O3/c1-18(2)14-15-28-21-10-6-19(7-11-21)16-25-26-23(27)17-29-22-12-8-20(9-13-22)24(3,4)5/h6-13,16,18H,14-15,17H2,1-5H3,(H,26,27). The van der Waals surface area contributed by atoms with Crippen LogP contribution in [0.1, 0.15) is 52.2 Å². The van der Waals surface area contributed by atoms with Crippen molar-refractivity contribution in [3.63, 3.8) is 0 Å². The van der Waals surface area contributed by atoms with Crippen LogP contribution in [0.15, 0.2) is 53.6 Å². The Kier molecular flexibility index (Phi) is 8.25. The van der Waals surface area contributed by atoms with E-state index in [2.05, 4.69) is 45.1 Å². The van der Waals surface area contributed by atoms with Crippen LogP contribution in [0.25, 0.3) is 0 Å². The van der Waals surface area contributed by atoms with Gasteiger partial charge in [-0.05, 0) is 65.3 Å². The molecule has 0 aliphatic carbocycles. The Hall–Kier alpha value is -2.82. The molecule has 0 heterocycles. The number of nitrogens with zero attached hydrogens (tertiary/aromatic N) is 1. The Morgan fingerprint density at radius 3 is 2.17 bits per heavy atom. The van der Waals surface area contributed by atoms with Crippen molar-refractivity contribution in [2.75, 3.05) is 13.2 Å². The molecule has 0 unspecified atom stereocenters. The molecule has 0 aromatic heterocycles. The van der Waals surface area contributed by atoms with Crippen molar-refractivity contribution in [3.05, 3.63) is 59.7 Å². The minimum atomic E-state index is -0.310. The van der Waals surface area contributed by atoms with Gasteiger partial charge in [-0.3, -0.25) is 4.79 Å². The van der Waals surface area contributed by atoms with Crippen LogP contribution in [0.2, 0.25) is 0 Å². The maximum atomic E-state index is 11.9. The Morgan fingerprint density at radius 1 is 1.00 bits per heavy atom. The van der Waals surface area contributed by atoms with Crippen LogP contribution >= 0.6 is 0 Å². The van der Waals surface area contributed by atoms with Gasteiger partial charge in [-0.15, -0.1) is 0 Å². The smallest absolute Gasteiger partial charge is 0.277 e. The number of ether oxygens (including phenoxy) is 2. The largest absolute Gasteiger partial charge is 0.494 e. The van der Waals surface area contributed by atoms with E-state index in [-0.39, 0.29) is 17.9 Å². The second-order valence-corrected chi connectivity index (χ2v) is 8.46. The first-order valence-corrected chi connectivity index (χ1v) is 10.0. The second-order valence-electron chi connectivity index (χ2n) is 8.46. The lowest BCUT2D eigenvalue weighted by Gasteiger charge is -2.19. The topological polar surface area (TPSA) is 59.9 Å². The number of carbonyl (C=O) groups is 1. The number of rotatable bonds is 9. The molecule has 5 heteroatoms. The third kappa shape index (κ3) is 8.38. The highest BCUT2D eigenvalue weighted by molar-refractivity contribution is 5.83. The Morgan fingerprint density at radius 2 is 1.59 bits per heavy atom. The number of hydrogen-bond donors (Lipinski definition) is 1. The van der Waals surface area contributed by atoms with Crippen molar-refractivity contribution in [3.8, 4) is 11.5 Å². The molecule has 2 aromatic rings. The van der Waals surface area contributed by atoms with E-state index in [0.29, 0.717) is 18.3 Å². The molecule has 0 bridgehead atoms. The van der Waals surface area contributed by atoms with Crippen LogP contribution < -0.4 is 14.9 Å². The zero-order valence-corrected chi connectivity index (χ0v) is 18.1. The zero-order valence-electron chi connectivity index (χ0n) is 18.1. The van der Waals surface area contributed by atoms with Gasteiger partial charge in [0.1, 0.15) is 11.5 Å². The first kappa shape index (κ1) is 22.5. The van der Waals surface area contributed by atoms with Crippen molar-refractivity contribution in [2.24, 2.45) is 11.0 Å². The molecular weight excluding hydrogens is 364 g/mol. The van der Waals surface area contributed by atoms with E-state index < -0.39 is 0 Å². The first-order valence-electron chi connectivity index (χ1n) is 10.0. The predicted molar refractivity (Wildman–Crippen MR) is 118 cm³/mol. The number of amides is 1. The molecule has 1 amide bonds. The van der Waals surface area contributed by atoms with Crippen molar-refractivity contribution in [1.82, 2.24) is 5.43 Å². The molecule has 0 aliphatic rings. The summed E-state index contributed by atoms with van der Waals surface area (Å²) in [7, 11) is 0. The summed E-state index contributed by atoms with van der Waals surface area (Å²) >= 11 is 0. The van der Waals surface area contributed by atoms with Gasteiger partial charge in [0.25, 0.3) is 5.91 Å². The number of hydrazone groups is 1. The molecule has 2 aromatic carbocycles. The molecule has 0 radical (unpaired) electrons. The van der Waals surface area contributed by atoms with Crippen LogP contribution in [0.3, 0.4) is 0 Å². The van der Waals surface area contributed by atoms with Crippen molar-refractivity contribution >= 4 is 12.1 Å². The van der Waals surface area contributed by atoms with Gasteiger partial charge in [0.2, 0.25) is 0 Å². The van der Waals surface area contributed by atoms with E-state index in [4.69, 9.17) is 9.47 Å². The molecule has 156 valence electrons. The average Bonchev–Trinajstić information content (AvgIpc) is 2.67. The second kappa shape index (κ2) is 10.6. The summed E-state index contributed by atoms with van der Waals surface area (Å²) in [6, 6.07) is 15.4. The number of nitrogens with one attached hydrogen (secondary N) is 1. The van der Waals surface area contributed by atoms with Crippen LogP contribution in [-0.4, -0.2) is 25.3 Å². The highest BCUT2D eigenvalue weighted by atomic mass is 16.5. The molecular formula is C24H32N2O3. The van der Waals surface area contributed by atoms with Crippen LogP contribution in [-0.2, 0) is 10.2 Å². The highest BCUT2D eigenvalue weighted by Crippen LogP contribution is 2.24. The lowest BCUT2D eigenvalue weighted by molar-refractivity contribution is -0.123. The lowest BCUT2D eigenvalue weighted by Crippen LogP contribution is -2.24. The third-order valence-corrected chi connectivity index (χ3v) is 4.34. The SMILES string of the molecule is CC(C)CCOc1ccc(C=NNC(=O)COc2ccc(C(C)(C)C)cc2)cc1. The van der Waals surface area contributed by atoms with Crippen LogP contribution in [0.5, 0.6) is 11.5 Å². The lowest BCUT2D eigenvalue weighted by atomic mass is 9.87. The van der Waals surface area contributed by atoms with Gasteiger partial charge >= 0.3 is 0 Å². The first-order chi connectivity index (χ1) is 13.7. The fourth-order valence-corrected chi connectivity index (χ4v) is 2.47. The summed E-state index contributed by atoms with van der Waals surface area (Å²) in [4.78, 5) is 11.9. The Bertz CT molecular complexity index is 788. The quantitative estimate of drug-likeness (QED) is 0.482. The van der Waals surface area contributed by atoms with E-state index in [9.17, 15) is 4.79 Å². The van der Waals surface area contributed by atoms with Gasteiger partial charge in [-0.25, -0.2) is 5.43 Å². The van der Waals surface area contributed by atoms with Gasteiger partial charge in [0.05, 0.1) is 12.8 Å². The van der Waals surface area contributed by atoms with E-state index in [0.717, 1.165) is 17.7 Å². The maximum Gasteiger partial charge on any atom is 0.277 e. The fraction of sp³-hybridized carbons (Fsp3) is 0.417. The summed E-state index contributed by atoms with van der Waals surface area (Å²) in [5.74, 6) is 1.80. The molecule has 2 rings (SSSR count). The monoisotopic (exact) mass is 396 g/mol. The van der Waals surface area contributed by atoms with Gasteiger partial charge in [-0.2, -0.15) is 5.10 Å². The third-order valence-electron chi connectivity index (χ3n) is 4.34. The van der Waals surface area contributed by atoms with Crippen molar-refractivity contribution in [1.29, 1.82) is 0 Å². The van der Waals surface area contributed by atoms with Crippen LogP contribution in [0, 0.1) is 5.92 Å². The van der Waals surface area contributed by atoms with E-state index in [1.807, 2.05) is 48.5 Å². The molecule has 0 fully saturated rings. The number of hydrogen-bond acceptors (Lipinski definition) is 4. The minimum absolute atomic E-state index is 0.0863. The predicted octanol–water partition coefficient (Wildman–Crippen LogP) is 4.94. The molecule has 0 spiro atoms. The van der Waals surface area contributed by atoms with Crippen LogP contribution in [0.4, 0.5) is 0 Å². The summed E-state index contributed by atoms with van der Waals surface area (Å²) in [6.07, 6.45) is 2.62. The van der Waals surface area contributed by atoms with Crippen molar-refractivity contribution in [2.45, 2.75) is 46.5 Å². The Balaban J connectivity index is 1.73. The molecule has 1 N–H and O–H groups in total. The van der Waals surface area contributed by atoms with Gasteiger partial charge in [-0.1, -0.05) is 46.8 Å². The van der Waals surface area contributed by atoms with Gasteiger partial charge in [0.15, 0.2) is 6.61 Å². The summed E-state index contributed by atoms with van der Waals surface area (Å²) in [6.45, 7) is 11.4. The van der Waals surface area contributed by atoms with Gasteiger partial charge in [0, 0.05) is 0 Å². The molecule has 0 aliphatic heterocycles. The molecule has 29 heavy (non-hydrogen) atoms. The summed E-state index contributed by atoms with van der Waals surface area (Å²) < 4.78 is 11.2. The van der Waals surface area contributed by atoms with E-state index in [1.165, 1.54) is 5.56 Å². The molecule has 0 saturated heterocycles. The summed E-state index contributed by atoms with van der Waals surface area (Å²) in [5.41, 5.74) is 4.65. The number of benzene rings is 2. The summed E-state index contributed by atoms with van der Waals surface area (Å²) in [5, 5.41) is 3.97. The molecule has 0 saturated carbocycles. The van der Waals surface area contributed by atoms with E-state index in [1.54, 1.807) is 6.21 Å². The normalized spacial score (nSPS) is 11.7. The Labute approximate surface area is 174 Å². The molecule has 0 atom stereocenters. The average molecular weight is 397 g/mol. The maximum absolute atomic E-state index is 11.9.